The largest absolute Gasteiger partial charge is 0.398 e. The summed E-state index contributed by atoms with van der Waals surface area (Å²) in [5.74, 6) is 0.222. The van der Waals surface area contributed by atoms with Gasteiger partial charge in [0.25, 0.3) is 0 Å². The molecule has 2 rings (SSSR count). The van der Waals surface area contributed by atoms with Gasteiger partial charge in [0.1, 0.15) is 4.90 Å². The van der Waals surface area contributed by atoms with Gasteiger partial charge in [-0.1, -0.05) is 12.1 Å². The van der Waals surface area contributed by atoms with Gasteiger partial charge < -0.3 is 10.5 Å². The van der Waals surface area contributed by atoms with Crippen LogP contribution in [0.25, 0.3) is 0 Å². The number of nitrogens with one attached hydrogen (secondary N) is 1. The lowest BCUT2D eigenvalue weighted by Gasteiger charge is -2.16. The second kappa shape index (κ2) is 5.48. The van der Waals surface area contributed by atoms with Crippen molar-refractivity contribution < 1.29 is 13.2 Å². The Morgan fingerprint density at radius 1 is 1.47 bits per heavy atom. The molecule has 2 atom stereocenters. The molecule has 19 heavy (non-hydrogen) atoms. The summed E-state index contributed by atoms with van der Waals surface area (Å²) in [4.78, 5) is 0.182. The second-order valence-corrected chi connectivity index (χ2v) is 6.67. The lowest BCUT2D eigenvalue weighted by Crippen LogP contribution is -2.32. The summed E-state index contributed by atoms with van der Waals surface area (Å²) in [6.45, 7) is 4.79. The van der Waals surface area contributed by atoms with Crippen molar-refractivity contribution in [3.63, 3.8) is 0 Å². The van der Waals surface area contributed by atoms with Crippen molar-refractivity contribution in [3.05, 3.63) is 23.8 Å². The minimum Gasteiger partial charge on any atom is -0.398 e. The van der Waals surface area contributed by atoms with Gasteiger partial charge in [-0.25, -0.2) is 13.1 Å². The van der Waals surface area contributed by atoms with E-state index in [1.807, 2.05) is 6.92 Å². The summed E-state index contributed by atoms with van der Waals surface area (Å²) in [5, 5.41) is 0. The van der Waals surface area contributed by atoms with Crippen molar-refractivity contribution in [2.45, 2.75) is 31.3 Å². The molecule has 0 bridgehead atoms. The molecule has 6 heteroatoms. The van der Waals surface area contributed by atoms with E-state index in [9.17, 15) is 8.42 Å². The van der Waals surface area contributed by atoms with Crippen LogP contribution in [-0.4, -0.2) is 27.7 Å². The van der Waals surface area contributed by atoms with Crippen LogP contribution in [0.15, 0.2) is 23.1 Å². The number of anilines is 1. The molecule has 3 N–H and O–H groups in total. The highest BCUT2D eigenvalue weighted by Crippen LogP contribution is 2.24. The number of nitrogens with two attached hydrogens (primary N) is 1. The number of aryl methyl sites for hydroxylation is 1. The Hall–Kier alpha value is -1.11. The van der Waals surface area contributed by atoms with Crippen LogP contribution in [0, 0.1) is 12.8 Å². The van der Waals surface area contributed by atoms with Crippen LogP contribution in [0.1, 0.15) is 18.9 Å². The molecule has 1 aliphatic rings. The van der Waals surface area contributed by atoms with E-state index in [4.69, 9.17) is 10.5 Å². The van der Waals surface area contributed by atoms with Crippen LogP contribution in [-0.2, 0) is 14.8 Å². The molecule has 106 valence electrons. The SMILES string of the molecule is Cc1cccc(N)c1S(=O)(=O)NCC1CCOC1C. The lowest BCUT2D eigenvalue weighted by molar-refractivity contribution is 0.107. The molecule has 0 aliphatic carbocycles. The molecule has 0 radical (unpaired) electrons. The second-order valence-electron chi connectivity index (χ2n) is 4.97. The maximum atomic E-state index is 12.3. The number of nitrogen functional groups attached to an aromatic ring is 1. The molecule has 0 aromatic heterocycles. The molecule has 0 amide bonds. The van der Waals surface area contributed by atoms with Crippen LogP contribution in [0.4, 0.5) is 5.69 Å². The van der Waals surface area contributed by atoms with Crippen LogP contribution >= 0.6 is 0 Å². The zero-order valence-corrected chi connectivity index (χ0v) is 12.0. The fraction of sp³-hybridized carbons (Fsp3) is 0.538. The molecule has 2 unspecified atom stereocenters. The molecule has 1 aromatic rings. The van der Waals surface area contributed by atoms with Crippen LogP contribution in [0.3, 0.4) is 0 Å². The van der Waals surface area contributed by atoms with Gasteiger partial charge in [-0.05, 0) is 31.9 Å². The third-order valence-electron chi connectivity index (χ3n) is 3.58. The van der Waals surface area contributed by atoms with Gasteiger partial charge >= 0.3 is 0 Å². The number of sulfonamides is 1. The van der Waals surface area contributed by atoms with Crippen LogP contribution in [0.5, 0.6) is 0 Å². The molecule has 5 nitrogen and oxygen atoms in total. The minimum atomic E-state index is -3.56. The zero-order valence-electron chi connectivity index (χ0n) is 11.2. The van der Waals surface area contributed by atoms with E-state index in [2.05, 4.69) is 4.72 Å². The fourth-order valence-electron chi connectivity index (χ4n) is 2.38. The number of rotatable bonds is 4. The summed E-state index contributed by atoms with van der Waals surface area (Å²) in [6.07, 6.45) is 0.976. The van der Waals surface area contributed by atoms with E-state index >= 15 is 0 Å². The van der Waals surface area contributed by atoms with Gasteiger partial charge in [-0.2, -0.15) is 0 Å². The Labute approximate surface area is 114 Å². The van der Waals surface area contributed by atoms with Crippen molar-refractivity contribution in [1.29, 1.82) is 0 Å². The molecular weight excluding hydrogens is 264 g/mol. The third kappa shape index (κ3) is 3.08. The molecule has 1 fully saturated rings. The highest BCUT2D eigenvalue weighted by atomic mass is 32.2. The monoisotopic (exact) mass is 284 g/mol. The predicted octanol–water partition coefficient (Wildman–Crippen LogP) is 1.28. The number of ether oxygens (including phenoxy) is 1. The normalized spacial score (nSPS) is 23.7. The molecule has 1 heterocycles. The lowest BCUT2D eigenvalue weighted by atomic mass is 10.0. The van der Waals surface area contributed by atoms with Crippen LogP contribution < -0.4 is 10.5 Å². The van der Waals surface area contributed by atoms with Gasteiger partial charge in [-0.15, -0.1) is 0 Å². The first kappa shape index (κ1) is 14.3. The predicted molar refractivity (Wildman–Crippen MR) is 74.3 cm³/mol. The van der Waals surface area contributed by atoms with Gasteiger partial charge in [0.2, 0.25) is 10.0 Å². The summed E-state index contributed by atoms with van der Waals surface area (Å²) >= 11 is 0. The van der Waals surface area contributed by atoms with Crippen molar-refractivity contribution in [3.8, 4) is 0 Å². The zero-order chi connectivity index (χ0) is 14.0. The maximum absolute atomic E-state index is 12.3. The molecule has 0 saturated carbocycles. The number of hydrogen-bond donors (Lipinski definition) is 2. The first-order valence-electron chi connectivity index (χ1n) is 6.38. The first-order chi connectivity index (χ1) is 8.92. The molecule has 1 aromatic carbocycles. The van der Waals surface area contributed by atoms with Gasteiger partial charge in [0, 0.05) is 19.1 Å². The number of hydrogen-bond acceptors (Lipinski definition) is 4. The van der Waals surface area contributed by atoms with E-state index in [-0.39, 0.29) is 22.6 Å². The van der Waals surface area contributed by atoms with Crippen LogP contribution in [0.2, 0.25) is 0 Å². The van der Waals surface area contributed by atoms with Crippen molar-refractivity contribution in [2.75, 3.05) is 18.9 Å². The molecule has 1 saturated heterocycles. The quantitative estimate of drug-likeness (QED) is 0.816. The van der Waals surface area contributed by atoms with Gasteiger partial charge in [0.05, 0.1) is 11.8 Å². The van der Waals surface area contributed by atoms with Crippen molar-refractivity contribution in [2.24, 2.45) is 5.92 Å². The highest BCUT2D eigenvalue weighted by Gasteiger charge is 2.27. The topological polar surface area (TPSA) is 81.4 Å². The molecule has 0 spiro atoms. The van der Waals surface area contributed by atoms with E-state index in [0.717, 1.165) is 6.42 Å². The Kier molecular flexibility index (Phi) is 4.13. The van der Waals surface area contributed by atoms with Crippen molar-refractivity contribution in [1.82, 2.24) is 4.72 Å². The smallest absolute Gasteiger partial charge is 0.242 e. The maximum Gasteiger partial charge on any atom is 0.242 e. The summed E-state index contributed by atoms with van der Waals surface area (Å²) in [5.41, 5.74) is 6.71. The highest BCUT2D eigenvalue weighted by molar-refractivity contribution is 7.89. The Balaban J connectivity index is 2.14. The Bertz CT molecular complexity index is 537. The van der Waals surface area contributed by atoms with E-state index in [1.54, 1.807) is 25.1 Å². The summed E-state index contributed by atoms with van der Waals surface area (Å²) in [7, 11) is -3.56. The third-order valence-corrected chi connectivity index (χ3v) is 5.22. The van der Waals surface area contributed by atoms with E-state index < -0.39 is 10.0 Å². The summed E-state index contributed by atoms with van der Waals surface area (Å²) < 4.78 is 32.7. The number of benzene rings is 1. The average Bonchev–Trinajstić information content (AvgIpc) is 2.72. The molecule has 1 aliphatic heterocycles. The van der Waals surface area contributed by atoms with E-state index in [1.165, 1.54) is 0 Å². The van der Waals surface area contributed by atoms with E-state index in [0.29, 0.717) is 18.7 Å². The first-order valence-corrected chi connectivity index (χ1v) is 7.86. The minimum absolute atomic E-state index is 0.0944. The standard InChI is InChI=1S/C13H20N2O3S/c1-9-4-3-5-12(14)13(9)19(16,17)15-8-11-6-7-18-10(11)2/h3-5,10-11,15H,6-8,14H2,1-2H3. The Morgan fingerprint density at radius 2 is 2.21 bits per heavy atom. The fourth-order valence-corrected chi connectivity index (χ4v) is 3.82. The molecular formula is C13H20N2O3S. The Morgan fingerprint density at radius 3 is 2.79 bits per heavy atom. The summed E-state index contributed by atoms with van der Waals surface area (Å²) in [6, 6.07) is 5.09. The van der Waals surface area contributed by atoms with Gasteiger partial charge in [-0.3, -0.25) is 0 Å². The van der Waals surface area contributed by atoms with Crippen molar-refractivity contribution >= 4 is 15.7 Å². The van der Waals surface area contributed by atoms with Gasteiger partial charge in [0.15, 0.2) is 0 Å². The average molecular weight is 284 g/mol.